The molecule has 1 atom stereocenters. The van der Waals surface area contributed by atoms with Crippen LogP contribution >= 0.6 is 23.2 Å². The lowest BCUT2D eigenvalue weighted by Gasteiger charge is -2.28. The molecule has 0 N–H and O–H groups in total. The summed E-state index contributed by atoms with van der Waals surface area (Å²) in [6.07, 6.45) is -0.486. The molecule has 0 saturated carbocycles. The topological polar surface area (TPSA) is 79.0 Å². The lowest BCUT2D eigenvalue weighted by atomic mass is 10.1. The largest absolute Gasteiger partial charge is 0.271 e. The minimum atomic E-state index is -0.486. The van der Waals surface area contributed by atoms with Crippen molar-refractivity contribution in [3.05, 3.63) is 110 Å². The van der Waals surface area contributed by atoms with Crippen molar-refractivity contribution in [1.82, 2.24) is 9.91 Å². The predicted octanol–water partition coefficient (Wildman–Crippen LogP) is 5.67. The summed E-state index contributed by atoms with van der Waals surface area (Å²) in [6, 6.07) is 21.2. The lowest BCUT2D eigenvalue weighted by Crippen LogP contribution is -2.29. The van der Waals surface area contributed by atoms with E-state index in [0.717, 1.165) is 11.1 Å². The molecule has 1 heterocycles. The van der Waals surface area contributed by atoms with E-state index in [2.05, 4.69) is 5.10 Å². The maximum atomic E-state index is 13.0. The van der Waals surface area contributed by atoms with Crippen LogP contribution in [-0.2, 0) is 11.3 Å². The van der Waals surface area contributed by atoms with Crippen LogP contribution < -0.4 is 0 Å². The van der Waals surface area contributed by atoms with Gasteiger partial charge in [0.15, 0.2) is 0 Å². The third-order valence-electron chi connectivity index (χ3n) is 5.40. The van der Waals surface area contributed by atoms with E-state index in [1.54, 1.807) is 31.2 Å². The molecule has 1 amide bonds. The zero-order valence-corrected chi connectivity index (χ0v) is 19.2. The van der Waals surface area contributed by atoms with Crippen molar-refractivity contribution in [2.75, 3.05) is 6.54 Å². The number of nitro benzene ring substituents is 1. The van der Waals surface area contributed by atoms with Crippen molar-refractivity contribution in [2.45, 2.75) is 19.6 Å². The first-order valence-corrected chi connectivity index (χ1v) is 10.9. The Hall–Kier alpha value is -3.26. The quantitative estimate of drug-likeness (QED) is 0.257. The van der Waals surface area contributed by atoms with Crippen LogP contribution in [0.25, 0.3) is 0 Å². The Kier molecular flexibility index (Phi) is 6.74. The molecule has 0 spiro atoms. The SMILES string of the molecule is C/C(=N/N1C(=O)CN(Cc2ccccc2)[C@@H]1c1ccc(Cl)c(Cl)c1)c1ccc([N+](=O)[O-])cc1. The van der Waals surface area contributed by atoms with E-state index >= 15 is 0 Å². The fourth-order valence-corrected chi connectivity index (χ4v) is 4.07. The second kappa shape index (κ2) is 9.70. The number of rotatable bonds is 6. The van der Waals surface area contributed by atoms with Gasteiger partial charge < -0.3 is 0 Å². The first-order valence-electron chi connectivity index (χ1n) is 10.2. The molecule has 0 aliphatic carbocycles. The van der Waals surface area contributed by atoms with Gasteiger partial charge in [-0.25, -0.2) is 5.01 Å². The highest BCUT2D eigenvalue weighted by Crippen LogP contribution is 2.35. The normalized spacial score (nSPS) is 16.9. The van der Waals surface area contributed by atoms with E-state index in [4.69, 9.17) is 23.2 Å². The molecule has 33 heavy (non-hydrogen) atoms. The first-order chi connectivity index (χ1) is 15.8. The number of hydrogen-bond donors (Lipinski definition) is 0. The summed E-state index contributed by atoms with van der Waals surface area (Å²) in [4.78, 5) is 25.5. The molecule has 0 bridgehead atoms. The molecule has 3 aromatic rings. The molecular weight excluding hydrogens is 463 g/mol. The fourth-order valence-electron chi connectivity index (χ4n) is 3.76. The number of nitro groups is 1. The molecule has 7 nitrogen and oxygen atoms in total. The molecule has 3 aromatic carbocycles. The number of hydrogen-bond acceptors (Lipinski definition) is 5. The highest BCUT2D eigenvalue weighted by molar-refractivity contribution is 6.42. The maximum Gasteiger partial charge on any atom is 0.269 e. The molecule has 9 heteroatoms. The zero-order chi connectivity index (χ0) is 23.5. The van der Waals surface area contributed by atoms with Gasteiger partial charge in [0, 0.05) is 18.7 Å². The molecule has 4 rings (SSSR count). The molecule has 1 aliphatic heterocycles. The van der Waals surface area contributed by atoms with Crippen LogP contribution in [0.4, 0.5) is 5.69 Å². The average molecular weight is 483 g/mol. The second-order valence-corrected chi connectivity index (χ2v) is 8.48. The zero-order valence-electron chi connectivity index (χ0n) is 17.7. The third-order valence-corrected chi connectivity index (χ3v) is 6.13. The van der Waals surface area contributed by atoms with Gasteiger partial charge in [-0.3, -0.25) is 19.8 Å². The van der Waals surface area contributed by atoms with Gasteiger partial charge in [0.1, 0.15) is 6.17 Å². The van der Waals surface area contributed by atoms with Crippen LogP contribution in [0.1, 0.15) is 29.8 Å². The number of carbonyl (C=O) groups is 1. The van der Waals surface area contributed by atoms with E-state index in [1.807, 2.05) is 41.3 Å². The van der Waals surface area contributed by atoms with Gasteiger partial charge in [-0.1, -0.05) is 59.6 Å². The number of hydrazone groups is 1. The first kappa shape index (κ1) is 22.9. The number of benzene rings is 3. The molecule has 1 aliphatic rings. The number of non-ortho nitro benzene ring substituents is 1. The van der Waals surface area contributed by atoms with Gasteiger partial charge in [0.2, 0.25) is 0 Å². The Morgan fingerprint density at radius 3 is 2.39 bits per heavy atom. The summed E-state index contributed by atoms with van der Waals surface area (Å²) >= 11 is 12.4. The summed E-state index contributed by atoms with van der Waals surface area (Å²) in [5.41, 5.74) is 3.08. The minimum Gasteiger partial charge on any atom is -0.271 e. The highest BCUT2D eigenvalue weighted by atomic mass is 35.5. The highest BCUT2D eigenvalue weighted by Gasteiger charge is 2.39. The van der Waals surface area contributed by atoms with E-state index in [9.17, 15) is 14.9 Å². The van der Waals surface area contributed by atoms with Crippen LogP contribution in [0.15, 0.2) is 77.9 Å². The molecule has 168 valence electrons. The average Bonchev–Trinajstić information content (AvgIpc) is 3.10. The van der Waals surface area contributed by atoms with Crippen LogP contribution in [-0.4, -0.2) is 33.0 Å². The molecule has 1 saturated heterocycles. The Morgan fingerprint density at radius 2 is 1.76 bits per heavy atom. The summed E-state index contributed by atoms with van der Waals surface area (Å²) in [7, 11) is 0. The summed E-state index contributed by atoms with van der Waals surface area (Å²) in [5.74, 6) is -0.164. The Morgan fingerprint density at radius 1 is 1.06 bits per heavy atom. The van der Waals surface area contributed by atoms with Crippen molar-refractivity contribution in [3.8, 4) is 0 Å². The number of halogens is 2. The summed E-state index contributed by atoms with van der Waals surface area (Å²) in [6.45, 7) is 2.48. The van der Waals surface area contributed by atoms with E-state index < -0.39 is 11.1 Å². The van der Waals surface area contributed by atoms with Crippen LogP contribution in [0.2, 0.25) is 10.0 Å². The van der Waals surface area contributed by atoms with Gasteiger partial charge in [-0.15, -0.1) is 0 Å². The third kappa shape index (κ3) is 5.06. The predicted molar refractivity (Wildman–Crippen MR) is 128 cm³/mol. The van der Waals surface area contributed by atoms with Gasteiger partial charge in [-0.2, -0.15) is 5.10 Å². The van der Waals surface area contributed by atoms with Gasteiger partial charge in [-0.05, 0) is 47.9 Å². The minimum absolute atomic E-state index is 0.00785. The lowest BCUT2D eigenvalue weighted by molar-refractivity contribution is -0.384. The van der Waals surface area contributed by atoms with Crippen LogP contribution in [0.5, 0.6) is 0 Å². The van der Waals surface area contributed by atoms with Crippen LogP contribution in [0, 0.1) is 10.1 Å². The van der Waals surface area contributed by atoms with E-state index in [1.165, 1.54) is 17.1 Å². The van der Waals surface area contributed by atoms with Crippen molar-refractivity contribution in [2.24, 2.45) is 5.10 Å². The Bertz CT molecular complexity index is 1220. The Labute approximate surface area is 201 Å². The molecule has 0 radical (unpaired) electrons. The molecular formula is C24H20Cl2N4O3. The maximum absolute atomic E-state index is 13.0. The second-order valence-electron chi connectivity index (χ2n) is 7.67. The standard InChI is InChI=1S/C24H20Cl2N4O3/c1-16(18-7-10-20(11-8-18)30(32)33)27-29-23(31)15-28(14-17-5-3-2-4-6-17)24(29)19-9-12-21(25)22(26)13-19/h2-13,24H,14-15H2,1H3/b27-16-/t24-/m0/s1. The fraction of sp³-hybridized carbons (Fsp3) is 0.167. The summed E-state index contributed by atoms with van der Waals surface area (Å²) < 4.78 is 0. The van der Waals surface area contributed by atoms with Crippen molar-refractivity contribution < 1.29 is 9.72 Å². The molecule has 1 fully saturated rings. The van der Waals surface area contributed by atoms with Crippen molar-refractivity contribution in [1.29, 1.82) is 0 Å². The molecule has 0 aromatic heterocycles. The number of amides is 1. The number of carbonyl (C=O) groups excluding carboxylic acids is 1. The number of nitrogens with zero attached hydrogens (tertiary/aromatic N) is 4. The smallest absolute Gasteiger partial charge is 0.269 e. The van der Waals surface area contributed by atoms with Crippen molar-refractivity contribution in [3.63, 3.8) is 0 Å². The van der Waals surface area contributed by atoms with Gasteiger partial charge in [0.05, 0.1) is 27.2 Å². The molecule has 0 unspecified atom stereocenters. The van der Waals surface area contributed by atoms with Crippen LogP contribution in [0.3, 0.4) is 0 Å². The van der Waals surface area contributed by atoms with E-state index in [-0.39, 0.29) is 18.1 Å². The monoisotopic (exact) mass is 482 g/mol. The summed E-state index contributed by atoms with van der Waals surface area (Å²) in [5, 5.41) is 17.8. The van der Waals surface area contributed by atoms with Gasteiger partial charge >= 0.3 is 0 Å². The van der Waals surface area contributed by atoms with Gasteiger partial charge in [0.25, 0.3) is 11.6 Å². The van der Waals surface area contributed by atoms with Crippen molar-refractivity contribution >= 4 is 40.5 Å². The Balaban J connectivity index is 1.70. The van der Waals surface area contributed by atoms with E-state index in [0.29, 0.717) is 27.9 Å².